The molecule has 0 fully saturated rings. The molecule has 4 heteroatoms. The number of nitrogens with two attached hydrogens (primary N) is 1. The molecule has 3 nitrogen and oxygen atoms in total. The number of nitrogen functional groups attached to an aromatic ring is 1. The first-order valence-corrected chi connectivity index (χ1v) is 6.18. The van der Waals surface area contributed by atoms with Crippen LogP contribution in [0.15, 0.2) is 12.1 Å². The summed E-state index contributed by atoms with van der Waals surface area (Å²) in [4.78, 5) is 3.59. The Morgan fingerprint density at radius 1 is 1.53 bits per heavy atom. The second-order valence-electron chi connectivity index (χ2n) is 3.71. The summed E-state index contributed by atoms with van der Waals surface area (Å²) >= 11 is 1.65. The van der Waals surface area contributed by atoms with E-state index in [0.29, 0.717) is 6.04 Å². The minimum atomic E-state index is 0.227. The van der Waals surface area contributed by atoms with E-state index in [4.69, 9.17) is 10.8 Å². The van der Waals surface area contributed by atoms with E-state index in [1.807, 2.05) is 6.07 Å². The molecule has 0 aliphatic heterocycles. The van der Waals surface area contributed by atoms with Crippen LogP contribution in [0.2, 0.25) is 0 Å². The first kappa shape index (κ1) is 12.5. The SMILES string of the molecule is CCN(CCO)C(C)Cc1ccc(N)s1. The number of hydrogen-bond donors (Lipinski definition) is 2. The maximum absolute atomic E-state index is 8.93. The van der Waals surface area contributed by atoms with Crippen LogP contribution in [-0.4, -0.2) is 35.7 Å². The van der Waals surface area contributed by atoms with Gasteiger partial charge >= 0.3 is 0 Å². The van der Waals surface area contributed by atoms with Crippen molar-refractivity contribution in [3.63, 3.8) is 0 Å². The zero-order chi connectivity index (χ0) is 11.3. The smallest absolute Gasteiger partial charge is 0.0859 e. The van der Waals surface area contributed by atoms with E-state index in [-0.39, 0.29) is 6.61 Å². The number of rotatable bonds is 6. The van der Waals surface area contributed by atoms with Crippen molar-refractivity contribution in [1.29, 1.82) is 0 Å². The van der Waals surface area contributed by atoms with Gasteiger partial charge in [-0.25, -0.2) is 0 Å². The molecular formula is C11H20N2OS. The zero-order valence-corrected chi connectivity index (χ0v) is 10.3. The summed E-state index contributed by atoms with van der Waals surface area (Å²) < 4.78 is 0. The fourth-order valence-corrected chi connectivity index (χ4v) is 2.64. The zero-order valence-electron chi connectivity index (χ0n) is 9.44. The van der Waals surface area contributed by atoms with Gasteiger partial charge < -0.3 is 10.8 Å². The molecule has 15 heavy (non-hydrogen) atoms. The van der Waals surface area contributed by atoms with Gasteiger partial charge in [-0.15, -0.1) is 11.3 Å². The predicted molar refractivity (Wildman–Crippen MR) is 66.2 cm³/mol. The Labute approximate surface area is 95.5 Å². The maximum Gasteiger partial charge on any atom is 0.0859 e. The highest BCUT2D eigenvalue weighted by molar-refractivity contribution is 7.15. The molecule has 3 N–H and O–H groups in total. The van der Waals surface area contributed by atoms with Crippen LogP contribution in [0.3, 0.4) is 0 Å². The number of thiophene rings is 1. The lowest BCUT2D eigenvalue weighted by Crippen LogP contribution is -2.36. The molecule has 86 valence electrons. The van der Waals surface area contributed by atoms with E-state index in [2.05, 4.69) is 24.8 Å². The van der Waals surface area contributed by atoms with Crippen molar-refractivity contribution in [3.05, 3.63) is 17.0 Å². The molecule has 1 rings (SSSR count). The molecule has 1 aromatic heterocycles. The Morgan fingerprint density at radius 3 is 2.73 bits per heavy atom. The normalized spacial score (nSPS) is 13.3. The van der Waals surface area contributed by atoms with Crippen LogP contribution >= 0.6 is 11.3 Å². The summed E-state index contributed by atoms with van der Waals surface area (Å²) in [6.45, 7) is 6.26. The molecule has 0 radical (unpaired) electrons. The van der Waals surface area contributed by atoms with Crippen LogP contribution in [-0.2, 0) is 6.42 Å². The molecular weight excluding hydrogens is 208 g/mol. The van der Waals surface area contributed by atoms with Crippen LogP contribution in [0.25, 0.3) is 0 Å². The maximum atomic E-state index is 8.93. The molecule has 0 aliphatic rings. The first-order valence-electron chi connectivity index (χ1n) is 5.36. The third-order valence-corrected chi connectivity index (χ3v) is 3.53. The van der Waals surface area contributed by atoms with Gasteiger partial charge in [0.1, 0.15) is 0 Å². The fourth-order valence-electron chi connectivity index (χ4n) is 1.74. The molecule has 0 spiro atoms. The van der Waals surface area contributed by atoms with Gasteiger partial charge in [0.15, 0.2) is 0 Å². The van der Waals surface area contributed by atoms with Crippen molar-refractivity contribution in [3.8, 4) is 0 Å². The van der Waals surface area contributed by atoms with Crippen molar-refractivity contribution in [2.24, 2.45) is 0 Å². The standard InChI is InChI=1S/C11H20N2OS/c1-3-13(6-7-14)9(2)8-10-4-5-11(12)15-10/h4-5,9,14H,3,6-8,12H2,1-2H3. The topological polar surface area (TPSA) is 49.5 Å². The highest BCUT2D eigenvalue weighted by atomic mass is 32.1. The minimum absolute atomic E-state index is 0.227. The molecule has 0 aromatic carbocycles. The number of nitrogens with zero attached hydrogens (tertiary/aromatic N) is 1. The van der Waals surface area contributed by atoms with Crippen LogP contribution < -0.4 is 5.73 Å². The lowest BCUT2D eigenvalue weighted by Gasteiger charge is -2.26. The summed E-state index contributed by atoms with van der Waals surface area (Å²) in [5.41, 5.74) is 5.69. The third kappa shape index (κ3) is 3.81. The molecule has 1 aromatic rings. The molecule has 0 amide bonds. The molecule has 0 saturated heterocycles. The van der Waals surface area contributed by atoms with Gasteiger partial charge in [0.2, 0.25) is 0 Å². The Balaban J connectivity index is 2.49. The van der Waals surface area contributed by atoms with Crippen molar-refractivity contribution in [2.45, 2.75) is 26.3 Å². The highest BCUT2D eigenvalue weighted by Gasteiger charge is 2.12. The highest BCUT2D eigenvalue weighted by Crippen LogP contribution is 2.20. The minimum Gasteiger partial charge on any atom is -0.395 e. The van der Waals surface area contributed by atoms with Gasteiger partial charge in [0, 0.05) is 17.5 Å². The second kappa shape index (κ2) is 6.10. The first-order chi connectivity index (χ1) is 7.17. The molecule has 0 saturated carbocycles. The Kier molecular flexibility index (Phi) is 5.08. The number of anilines is 1. The van der Waals surface area contributed by atoms with E-state index >= 15 is 0 Å². The Bertz CT molecular complexity index is 288. The van der Waals surface area contributed by atoms with Crippen LogP contribution in [0.1, 0.15) is 18.7 Å². The van der Waals surface area contributed by atoms with Gasteiger partial charge in [-0.3, -0.25) is 4.90 Å². The summed E-state index contributed by atoms with van der Waals surface area (Å²) in [6, 6.07) is 4.50. The summed E-state index contributed by atoms with van der Waals surface area (Å²) in [5, 5.41) is 9.81. The van der Waals surface area contributed by atoms with Crippen molar-refractivity contribution >= 4 is 16.3 Å². The van der Waals surface area contributed by atoms with Gasteiger partial charge in [-0.1, -0.05) is 6.92 Å². The molecule has 1 unspecified atom stereocenters. The Morgan fingerprint density at radius 2 is 2.27 bits per heavy atom. The number of hydrogen-bond acceptors (Lipinski definition) is 4. The Hall–Kier alpha value is -0.580. The van der Waals surface area contributed by atoms with Crippen LogP contribution in [0.4, 0.5) is 5.00 Å². The van der Waals surface area contributed by atoms with E-state index in [1.165, 1.54) is 4.88 Å². The van der Waals surface area contributed by atoms with Gasteiger partial charge in [0.05, 0.1) is 11.6 Å². The summed E-state index contributed by atoms with van der Waals surface area (Å²) in [6.07, 6.45) is 1.01. The van der Waals surface area contributed by atoms with Crippen molar-refractivity contribution in [2.75, 3.05) is 25.4 Å². The summed E-state index contributed by atoms with van der Waals surface area (Å²) in [5.74, 6) is 0. The van der Waals surface area contributed by atoms with Gasteiger partial charge in [-0.05, 0) is 32.0 Å². The van der Waals surface area contributed by atoms with Crippen molar-refractivity contribution in [1.82, 2.24) is 4.90 Å². The number of aliphatic hydroxyl groups is 1. The van der Waals surface area contributed by atoms with E-state index in [1.54, 1.807) is 11.3 Å². The largest absolute Gasteiger partial charge is 0.395 e. The van der Waals surface area contributed by atoms with E-state index < -0.39 is 0 Å². The van der Waals surface area contributed by atoms with Crippen LogP contribution in [0.5, 0.6) is 0 Å². The van der Waals surface area contributed by atoms with Crippen molar-refractivity contribution < 1.29 is 5.11 Å². The fraction of sp³-hybridized carbons (Fsp3) is 0.636. The number of aliphatic hydroxyl groups excluding tert-OH is 1. The van der Waals surface area contributed by atoms with Gasteiger partial charge in [-0.2, -0.15) is 0 Å². The quantitative estimate of drug-likeness (QED) is 0.777. The predicted octanol–water partition coefficient (Wildman–Crippen LogP) is 1.58. The molecule has 1 atom stereocenters. The molecule has 0 aliphatic carbocycles. The van der Waals surface area contributed by atoms with Gasteiger partial charge in [0.25, 0.3) is 0 Å². The summed E-state index contributed by atoms with van der Waals surface area (Å²) in [7, 11) is 0. The van der Waals surface area contributed by atoms with E-state index in [9.17, 15) is 0 Å². The number of likely N-dealkylation sites (N-methyl/N-ethyl adjacent to an activating group) is 1. The average Bonchev–Trinajstić information content (AvgIpc) is 2.60. The lowest BCUT2D eigenvalue weighted by molar-refractivity contribution is 0.164. The molecule has 1 heterocycles. The second-order valence-corrected chi connectivity index (χ2v) is 4.91. The monoisotopic (exact) mass is 228 g/mol. The lowest BCUT2D eigenvalue weighted by atomic mass is 10.2. The molecule has 0 bridgehead atoms. The average molecular weight is 228 g/mol. The van der Waals surface area contributed by atoms with Crippen LogP contribution in [0, 0.1) is 0 Å². The third-order valence-electron chi connectivity index (χ3n) is 2.60. The van der Waals surface area contributed by atoms with E-state index in [0.717, 1.165) is 24.5 Å².